The van der Waals surface area contributed by atoms with Crippen LogP contribution in [0.3, 0.4) is 0 Å². The van der Waals surface area contributed by atoms with Crippen molar-refractivity contribution in [3.8, 4) is 11.8 Å². The van der Waals surface area contributed by atoms with E-state index in [4.69, 9.17) is 15.7 Å². The standard InChI is InChI=1S/C14H11FN2O/c15-14-7-10(8-16)1-2-11(14)9-18-13-5-3-12(17)4-6-13/h1-7H,9,17H2. The van der Waals surface area contributed by atoms with Crippen molar-refractivity contribution in [3.05, 3.63) is 59.4 Å². The SMILES string of the molecule is N#Cc1ccc(COc2ccc(N)cc2)c(F)c1. The molecule has 0 atom stereocenters. The minimum atomic E-state index is -0.440. The topological polar surface area (TPSA) is 59.0 Å². The van der Waals surface area contributed by atoms with Crippen molar-refractivity contribution in [2.24, 2.45) is 0 Å². The number of nitrogens with zero attached hydrogens (tertiary/aromatic N) is 1. The molecule has 0 heterocycles. The Labute approximate surface area is 104 Å². The summed E-state index contributed by atoms with van der Waals surface area (Å²) >= 11 is 0. The van der Waals surface area contributed by atoms with E-state index in [-0.39, 0.29) is 6.61 Å². The van der Waals surface area contributed by atoms with E-state index < -0.39 is 5.82 Å². The van der Waals surface area contributed by atoms with Gasteiger partial charge in [0.25, 0.3) is 0 Å². The van der Waals surface area contributed by atoms with Crippen LogP contribution in [-0.2, 0) is 6.61 Å². The minimum absolute atomic E-state index is 0.113. The molecule has 0 aliphatic heterocycles. The summed E-state index contributed by atoms with van der Waals surface area (Å²) in [6.45, 7) is 0.113. The van der Waals surface area contributed by atoms with E-state index in [9.17, 15) is 4.39 Å². The van der Waals surface area contributed by atoms with Gasteiger partial charge >= 0.3 is 0 Å². The van der Waals surface area contributed by atoms with E-state index in [1.165, 1.54) is 6.07 Å². The second kappa shape index (κ2) is 5.19. The molecule has 0 saturated heterocycles. The summed E-state index contributed by atoms with van der Waals surface area (Å²) in [5.74, 6) is 0.178. The normalized spacial score (nSPS) is 9.78. The van der Waals surface area contributed by atoms with Crippen molar-refractivity contribution in [1.29, 1.82) is 5.26 Å². The van der Waals surface area contributed by atoms with Gasteiger partial charge in [0, 0.05) is 11.3 Å². The number of hydrogen-bond donors (Lipinski definition) is 1. The largest absolute Gasteiger partial charge is 0.489 e. The molecule has 0 saturated carbocycles. The van der Waals surface area contributed by atoms with Gasteiger partial charge in [0.15, 0.2) is 0 Å². The molecule has 0 unspecified atom stereocenters. The van der Waals surface area contributed by atoms with Crippen LogP contribution in [0.5, 0.6) is 5.75 Å². The average molecular weight is 242 g/mol. The van der Waals surface area contributed by atoms with E-state index in [1.54, 1.807) is 36.4 Å². The first-order chi connectivity index (χ1) is 8.69. The van der Waals surface area contributed by atoms with E-state index in [1.807, 2.05) is 6.07 Å². The number of hydrogen-bond acceptors (Lipinski definition) is 3. The predicted molar refractivity (Wildman–Crippen MR) is 66.3 cm³/mol. The lowest BCUT2D eigenvalue weighted by atomic mass is 10.1. The number of ether oxygens (including phenoxy) is 1. The maximum atomic E-state index is 13.6. The Hall–Kier alpha value is -2.54. The quantitative estimate of drug-likeness (QED) is 0.842. The maximum Gasteiger partial charge on any atom is 0.131 e. The average Bonchev–Trinajstić information content (AvgIpc) is 2.39. The monoisotopic (exact) mass is 242 g/mol. The molecule has 0 aliphatic rings. The molecule has 90 valence electrons. The zero-order valence-corrected chi connectivity index (χ0v) is 9.56. The lowest BCUT2D eigenvalue weighted by molar-refractivity contribution is 0.300. The highest BCUT2D eigenvalue weighted by Crippen LogP contribution is 2.16. The molecule has 3 nitrogen and oxygen atoms in total. The second-order valence-corrected chi connectivity index (χ2v) is 3.78. The Morgan fingerprint density at radius 1 is 1.17 bits per heavy atom. The number of nitriles is 1. The van der Waals surface area contributed by atoms with Crippen LogP contribution >= 0.6 is 0 Å². The molecule has 0 bridgehead atoms. The van der Waals surface area contributed by atoms with Crippen LogP contribution in [0.4, 0.5) is 10.1 Å². The number of rotatable bonds is 3. The molecular formula is C14H11FN2O. The van der Waals surface area contributed by atoms with Gasteiger partial charge in [-0.05, 0) is 36.4 Å². The zero-order valence-electron chi connectivity index (χ0n) is 9.56. The van der Waals surface area contributed by atoms with Crippen LogP contribution in [0.1, 0.15) is 11.1 Å². The van der Waals surface area contributed by atoms with Gasteiger partial charge in [-0.3, -0.25) is 0 Å². The number of halogens is 1. The summed E-state index contributed by atoms with van der Waals surface area (Å²) in [6.07, 6.45) is 0. The molecule has 0 aliphatic carbocycles. The fourth-order valence-electron chi connectivity index (χ4n) is 1.46. The van der Waals surface area contributed by atoms with Gasteiger partial charge in [-0.15, -0.1) is 0 Å². The molecule has 2 rings (SSSR count). The Balaban J connectivity index is 2.06. The first-order valence-corrected chi connectivity index (χ1v) is 5.36. The summed E-state index contributed by atoms with van der Waals surface area (Å²) in [5, 5.41) is 8.63. The van der Waals surface area contributed by atoms with Crippen LogP contribution in [-0.4, -0.2) is 0 Å². The molecule has 0 amide bonds. The molecule has 0 fully saturated rings. The van der Waals surface area contributed by atoms with Gasteiger partial charge in [0.2, 0.25) is 0 Å². The van der Waals surface area contributed by atoms with E-state index in [2.05, 4.69) is 0 Å². The molecule has 0 aromatic heterocycles. The van der Waals surface area contributed by atoms with Crippen molar-refractivity contribution < 1.29 is 9.13 Å². The van der Waals surface area contributed by atoms with Crippen LogP contribution in [0.2, 0.25) is 0 Å². The van der Waals surface area contributed by atoms with Crippen LogP contribution < -0.4 is 10.5 Å². The zero-order chi connectivity index (χ0) is 13.0. The van der Waals surface area contributed by atoms with Gasteiger partial charge in [-0.25, -0.2) is 4.39 Å². The molecule has 0 spiro atoms. The third-order valence-electron chi connectivity index (χ3n) is 2.46. The van der Waals surface area contributed by atoms with E-state index in [0.717, 1.165) is 0 Å². The van der Waals surface area contributed by atoms with Crippen LogP contribution in [0.15, 0.2) is 42.5 Å². The molecule has 18 heavy (non-hydrogen) atoms. The molecule has 2 aromatic rings. The smallest absolute Gasteiger partial charge is 0.131 e. The van der Waals surface area contributed by atoms with Crippen molar-refractivity contribution >= 4 is 5.69 Å². The predicted octanol–water partition coefficient (Wildman–Crippen LogP) is 2.86. The first-order valence-electron chi connectivity index (χ1n) is 5.36. The van der Waals surface area contributed by atoms with Gasteiger partial charge < -0.3 is 10.5 Å². The van der Waals surface area contributed by atoms with Gasteiger partial charge in [0.05, 0.1) is 11.6 Å². The summed E-state index contributed by atoms with van der Waals surface area (Å²) < 4.78 is 19.0. The summed E-state index contributed by atoms with van der Waals surface area (Å²) in [4.78, 5) is 0. The van der Waals surface area contributed by atoms with Crippen molar-refractivity contribution in [2.75, 3.05) is 5.73 Å². The van der Waals surface area contributed by atoms with Crippen molar-refractivity contribution in [3.63, 3.8) is 0 Å². The first kappa shape index (κ1) is 11.9. The van der Waals surface area contributed by atoms with Crippen molar-refractivity contribution in [2.45, 2.75) is 6.61 Å². The highest BCUT2D eigenvalue weighted by molar-refractivity contribution is 5.41. The van der Waals surface area contributed by atoms with Gasteiger partial charge in [-0.1, -0.05) is 6.07 Å². The lowest BCUT2D eigenvalue weighted by Gasteiger charge is -2.07. The lowest BCUT2D eigenvalue weighted by Crippen LogP contribution is -1.99. The Morgan fingerprint density at radius 3 is 2.50 bits per heavy atom. The fourth-order valence-corrected chi connectivity index (χ4v) is 1.46. The summed E-state index contributed by atoms with van der Waals surface area (Å²) in [5.41, 5.74) is 6.89. The Kier molecular flexibility index (Phi) is 3.44. The minimum Gasteiger partial charge on any atom is -0.489 e. The third-order valence-corrected chi connectivity index (χ3v) is 2.46. The molecule has 4 heteroatoms. The highest BCUT2D eigenvalue weighted by Gasteiger charge is 2.04. The van der Waals surface area contributed by atoms with Crippen LogP contribution in [0, 0.1) is 17.1 Å². The number of benzene rings is 2. The molecular weight excluding hydrogens is 231 g/mol. The Bertz CT molecular complexity index is 588. The fraction of sp³-hybridized carbons (Fsp3) is 0.0714. The Morgan fingerprint density at radius 2 is 1.89 bits per heavy atom. The number of nitrogens with two attached hydrogens (primary N) is 1. The van der Waals surface area contributed by atoms with Crippen molar-refractivity contribution in [1.82, 2.24) is 0 Å². The number of nitrogen functional groups attached to an aromatic ring is 1. The third kappa shape index (κ3) is 2.77. The molecule has 0 radical (unpaired) electrons. The highest BCUT2D eigenvalue weighted by atomic mass is 19.1. The van der Waals surface area contributed by atoms with Gasteiger partial charge in [-0.2, -0.15) is 5.26 Å². The summed E-state index contributed by atoms with van der Waals surface area (Å²) in [7, 11) is 0. The second-order valence-electron chi connectivity index (χ2n) is 3.78. The summed E-state index contributed by atoms with van der Waals surface area (Å²) in [6, 6.07) is 13.0. The maximum absolute atomic E-state index is 13.6. The molecule has 2 N–H and O–H groups in total. The van der Waals surface area contributed by atoms with Gasteiger partial charge in [0.1, 0.15) is 18.2 Å². The van der Waals surface area contributed by atoms with E-state index in [0.29, 0.717) is 22.6 Å². The van der Waals surface area contributed by atoms with Crippen LogP contribution in [0.25, 0.3) is 0 Å². The number of anilines is 1. The van der Waals surface area contributed by atoms with E-state index >= 15 is 0 Å². The molecule has 2 aromatic carbocycles.